The van der Waals surface area contributed by atoms with Crippen molar-refractivity contribution in [1.82, 2.24) is 10.3 Å². The number of rotatable bonds is 2. The number of likely N-dealkylation sites (N-methyl/N-ethyl adjacent to an activating group) is 1. The molecule has 1 aliphatic rings. The summed E-state index contributed by atoms with van der Waals surface area (Å²) in [6.45, 7) is 0.909. The summed E-state index contributed by atoms with van der Waals surface area (Å²) in [6.07, 6.45) is 3.56. The van der Waals surface area contributed by atoms with Crippen molar-refractivity contribution < 1.29 is 4.79 Å². The molecular formula is C11H16N4O. The summed E-state index contributed by atoms with van der Waals surface area (Å²) < 4.78 is 0. The fourth-order valence-electron chi connectivity index (χ4n) is 1.94. The number of anilines is 2. The Labute approximate surface area is 94.6 Å². The van der Waals surface area contributed by atoms with E-state index in [1.54, 1.807) is 30.3 Å². The monoisotopic (exact) mass is 220 g/mol. The van der Waals surface area contributed by atoms with Gasteiger partial charge in [0.05, 0.1) is 11.7 Å². The minimum absolute atomic E-state index is 0.0530. The molecule has 0 aromatic carbocycles. The van der Waals surface area contributed by atoms with Gasteiger partial charge in [-0.3, -0.25) is 4.79 Å². The molecule has 2 rings (SSSR count). The first-order valence-electron chi connectivity index (χ1n) is 5.41. The van der Waals surface area contributed by atoms with E-state index in [0.29, 0.717) is 11.5 Å². The Morgan fingerprint density at radius 3 is 3.12 bits per heavy atom. The summed E-state index contributed by atoms with van der Waals surface area (Å²) in [6, 6.07) is 3.50. The van der Waals surface area contributed by atoms with Crippen LogP contribution in [0.15, 0.2) is 18.3 Å². The molecule has 0 spiro atoms. The molecule has 3 N–H and O–H groups in total. The lowest BCUT2D eigenvalue weighted by atomic mass is 10.2. The van der Waals surface area contributed by atoms with Gasteiger partial charge >= 0.3 is 0 Å². The van der Waals surface area contributed by atoms with E-state index in [2.05, 4.69) is 10.3 Å². The van der Waals surface area contributed by atoms with E-state index in [0.717, 1.165) is 19.4 Å². The fourth-order valence-corrected chi connectivity index (χ4v) is 1.94. The molecule has 0 unspecified atom stereocenters. The van der Waals surface area contributed by atoms with Crippen molar-refractivity contribution >= 4 is 17.4 Å². The molecule has 16 heavy (non-hydrogen) atoms. The van der Waals surface area contributed by atoms with Crippen LogP contribution in [0.5, 0.6) is 0 Å². The van der Waals surface area contributed by atoms with Crippen molar-refractivity contribution in [3.63, 3.8) is 0 Å². The number of nitrogen functional groups attached to an aromatic ring is 1. The number of nitrogens with one attached hydrogen (secondary N) is 1. The largest absolute Gasteiger partial charge is 0.382 e. The summed E-state index contributed by atoms with van der Waals surface area (Å²) in [5, 5.41) is 3.17. The van der Waals surface area contributed by atoms with E-state index in [-0.39, 0.29) is 11.9 Å². The quantitative estimate of drug-likeness (QED) is 0.755. The molecule has 0 radical (unpaired) electrons. The summed E-state index contributed by atoms with van der Waals surface area (Å²) in [5.41, 5.74) is 6.40. The van der Waals surface area contributed by atoms with E-state index in [4.69, 9.17) is 5.73 Å². The lowest BCUT2D eigenvalue weighted by Gasteiger charge is -2.21. The third-order valence-electron chi connectivity index (χ3n) is 2.87. The second-order valence-electron chi connectivity index (χ2n) is 3.95. The first kappa shape index (κ1) is 10.9. The maximum atomic E-state index is 12.1. The van der Waals surface area contributed by atoms with Gasteiger partial charge in [0, 0.05) is 13.2 Å². The second-order valence-corrected chi connectivity index (χ2v) is 3.95. The van der Waals surface area contributed by atoms with Crippen molar-refractivity contribution in [3.8, 4) is 0 Å². The molecule has 0 aliphatic carbocycles. The number of pyridine rings is 1. The predicted molar refractivity (Wildman–Crippen MR) is 63.1 cm³/mol. The average Bonchev–Trinajstić information content (AvgIpc) is 2.81. The maximum Gasteiger partial charge on any atom is 0.243 e. The highest BCUT2D eigenvalue weighted by molar-refractivity contribution is 5.98. The first-order chi connectivity index (χ1) is 7.70. The van der Waals surface area contributed by atoms with Crippen LogP contribution in [0.4, 0.5) is 11.5 Å². The van der Waals surface area contributed by atoms with Crippen molar-refractivity contribution in [3.05, 3.63) is 18.3 Å². The third-order valence-corrected chi connectivity index (χ3v) is 2.87. The Morgan fingerprint density at radius 1 is 1.69 bits per heavy atom. The minimum atomic E-state index is -0.0791. The number of carbonyl (C=O) groups excluding carboxylic acids is 1. The Bertz CT molecular complexity index is 387. The zero-order valence-corrected chi connectivity index (χ0v) is 9.31. The van der Waals surface area contributed by atoms with Crippen LogP contribution in [0.1, 0.15) is 12.8 Å². The molecular weight excluding hydrogens is 204 g/mol. The summed E-state index contributed by atoms with van der Waals surface area (Å²) in [5.74, 6) is 0.438. The van der Waals surface area contributed by atoms with Gasteiger partial charge in [0.2, 0.25) is 5.91 Å². The molecule has 1 fully saturated rings. The Hall–Kier alpha value is -1.62. The summed E-state index contributed by atoms with van der Waals surface area (Å²) >= 11 is 0. The number of nitrogens with zero attached hydrogens (tertiary/aromatic N) is 2. The standard InChI is InChI=1S/C11H16N4O/c1-15(9-5-3-7-14-10(9)12)11(16)8-4-2-6-13-8/h3,5,7-8,13H,2,4,6H2,1H3,(H2,12,14)/t8-/m0/s1. The van der Waals surface area contributed by atoms with Crippen LogP contribution in [0.3, 0.4) is 0 Å². The Morgan fingerprint density at radius 2 is 2.50 bits per heavy atom. The zero-order valence-electron chi connectivity index (χ0n) is 9.31. The SMILES string of the molecule is CN(C(=O)[C@@H]1CCCN1)c1cccnc1N. The summed E-state index contributed by atoms with van der Waals surface area (Å²) in [4.78, 5) is 17.6. The number of nitrogens with two attached hydrogens (primary N) is 1. The fraction of sp³-hybridized carbons (Fsp3) is 0.455. The number of hydrogen-bond donors (Lipinski definition) is 2. The molecule has 1 aliphatic heterocycles. The highest BCUT2D eigenvalue weighted by Gasteiger charge is 2.26. The molecule has 1 saturated heterocycles. The molecule has 86 valence electrons. The van der Waals surface area contributed by atoms with Crippen LogP contribution in [0, 0.1) is 0 Å². The second kappa shape index (κ2) is 4.49. The Kier molecular flexibility index (Phi) is 3.05. The molecule has 0 bridgehead atoms. The van der Waals surface area contributed by atoms with Gasteiger partial charge in [0.15, 0.2) is 0 Å². The molecule has 5 nitrogen and oxygen atoms in total. The van der Waals surface area contributed by atoms with E-state index in [1.165, 1.54) is 0 Å². The van der Waals surface area contributed by atoms with Gasteiger partial charge in [-0.15, -0.1) is 0 Å². The third kappa shape index (κ3) is 1.99. The van der Waals surface area contributed by atoms with Crippen molar-refractivity contribution in [2.75, 3.05) is 24.2 Å². The Balaban J connectivity index is 2.15. The molecule has 1 atom stereocenters. The first-order valence-corrected chi connectivity index (χ1v) is 5.41. The lowest BCUT2D eigenvalue weighted by molar-refractivity contribution is -0.119. The van der Waals surface area contributed by atoms with Gasteiger partial charge in [0.25, 0.3) is 0 Å². The van der Waals surface area contributed by atoms with Crippen molar-refractivity contribution in [1.29, 1.82) is 0 Å². The topological polar surface area (TPSA) is 71.2 Å². The maximum absolute atomic E-state index is 12.1. The number of hydrogen-bond acceptors (Lipinski definition) is 4. The van der Waals surface area contributed by atoms with Crippen molar-refractivity contribution in [2.45, 2.75) is 18.9 Å². The van der Waals surface area contributed by atoms with Gasteiger partial charge in [-0.1, -0.05) is 0 Å². The normalized spacial score (nSPS) is 19.7. The molecule has 1 aromatic heterocycles. The van der Waals surface area contributed by atoms with Crippen molar-refractivity contribution in [2.24, 2.45) is 0 Å². The van der Waals surface area contributed by atoms with Crippen LogP contribution in [0.2, 0.25) is 0 Å². The van der Waals surface area contributed by atoms with Crippen LogP contribution in [-0.4, -0.2) is 30.5 Å². The molecule has 5 heteroatoms. The van der Waals surface area contributed by atoms with Crippen LogP contribution >= 0.6 is 0 Å². The van der Waals surface area contributed by atoms with Crippen LogP contribution in [-0.2, 0) is 4.79 Å². The van der Waals surface area contributed by atoms with Gasteiger partial charge in [-0.05, 0) is 31.5 Å². The van der Waals surface area contributed by atoms with Gasteiger partial charge < -0.3 is 16.0 Å². The highest BCUT2D eigenvalue weighted by Crippen LogP contribution is 2.20. The predicted octanol–water partition coefficient (Wildman–Crippen LogP) is 0.379. The highest BCUT2D eigenvalue weighted by atomic mass is 16.2. The molecule has 0 saturated carbocycles. The van der Waals surface area contributed by atoms with E-state index < -0.39 is 0 Å². The smallest absolute Gasteiger partial charge is 0.243 e. The zero-order chi connectivity index (χ0) is 11.5. The minimum Gasteiger partial charge on any atom is -0.382 e. The molecule has 1 amide bonds. The van der Waals surface area contributed by atoms with E-state index >= 15 is 0 Å². The average molecular weight is 220 g/mol. The number of amides is 1. The van der Waals surface area contributed by atoms with Crippen LogP contribution in [0.25, 0.3) is 0 Å². The van der Waals surface area contributed by atoms with E-state index in [1.807, 2.05) is 0 Å². The van der Waals surface area contributed by atoms with Gasteiger partial charge in [-0.25, -0.2) is 4.98 Å². The molecule has 2 heterocycles. The van der Waals surface area contributed by atoms with Gasteiger partial charge in [0.1, 0.15) is 5.82 Å². The van der Waals surface area contributed by atoms with E-state index in [9.17, 15) is 4.79 Å². The molecule has 1 aromatic rings. The number of aromatic nitrogens is 1. The number of carbonyl (C=O) groups is 1. The van der Waals surface area contributed by atoms with Crippen LogP contribution < -0.4 is 16.0 Å². The van der Waals surface area contributed by atoms with Gasteiger partial charge in [-0.2, -0.15) is 0 Å². The summed E-state index contributed by atoms with van der Waals surface area (Å²) in [7, 11) is 1.73. The lowest BCUT2D eigenvalue weighted by Crippen LogP contribution is -2.42.